The van der Waals surface area contributed by atoms with Crippen molar-refractivity contribution >= 4 is 5.91 Å². The van der Waals surface area contributed by atoms with Gasteiger partial charge in [-0.05, 0) is 37.3 Å². The Balaban J connectivity index is 1.41. The number of nitrogens with one attached hydrogen (secondary N) is 1. The first-order valence-corrected chi connectivity index (χ1v) is 8.56. The summed E-state index contributed by atoms with van der Waals surface area (Å²) in [6.45, 7) is 6.32. The van der Waals surface area contributed by atoms with Crippen LogP contribution in [0.2, 0.25) is 0 Å². The van der Waals surface area contributed by atoms with Gasteiger partial charge >= 0.3 is 0 Å². The van der Waals surface area contributed by atoms with Crippen molar-refractivity contribution in [1.82, 2.24) is 15.1 Å². The standard InChI is InChI=1S/C18H27N3O/c22-18(14-19-13-16-7-8-16)21-10-4-9-20(11-12-21)15-17-5-2-1-3-6-17/h1-3,5-6,16,19H,4,7-15H2. The summed E-state index contributed by atoms with van der Waals surface area (Å²) >= 11 is 0. The first-order chi connectivity index (χ1) is 10.8. The van der Waals surface area contributed by atoms with E-state index < -0.39 is 0 Å². The highest BCUT2D eigenvalue weighted by Gasteiger charge is 2.22. The molecule has 1 aromatic rings. The van der Waals surface area contributed by atoms with Crippen molar-refractivity contribution < 1.29 is 4.79 Å². The van der Waals surface area contributed by atoms with Crippen LogP contribution in [0.25, 0.3) is 0 Å². The Morgan fingerprint density at radius 3 is 2.68 bits per heavy atom. The highest BCUT2D eigenvalue weighted by Crippen LogP contribution is 2.27. The molecule has 1 saturated carbocycles. The van der Waals surface area contributed by atoms with Gasteiger partial charge in [0.1, 0.15) is 0 Å². The third-order valence-corrected chi connectivity index (χ3v) is 4.60. The van der Waals surface area contributed by atoms with Crippen molar-refractivity contribution in [2.24, 2.45) is 5.92 Å². The molecule has 1 saturated heterocycles. The van der Waals surface area contributed by atoms with Crippen LogP contribution in [0, 0.1) is 5.92 Å². The minimum absolute atomic E-state index is 0.266. The van der Waals surface area contributed by atoms with Gasteiger partial charge in [-0.1, -0.05) is 30.3 Å². The van der Waals surface area contributed by atoms with Gasteiger partial charge in [0, 0.05) is 32.7 Å². The summed E-state index contributed by atoms with van der Waals surface area (Å²) < 4.78 is 0. The average molecular weight is 301 g/mol. The van der Waals surface area contributed by atoms with Gasteiger partial charge in [-0.25, -0.2) is 0 Å². The van der Waals surface area contributed by atoms with Crippen LogP contribution in [-0.2, 0) is 11.3 Å². The zero-order valence-corrected chi connectivity index (χ0v) is 13.3. The molecule has 4 heteroatoms. The first-order valence-electron chi connectivity index (χ1n) is 8.56. The summed E-state index contributed by atoms with van der Waals surface area (Å²) in [5, 5.41) is 3.31. The molecule has 0 radical (unpaired) electrons. The molecule has 3 rings (SSSR count). The van der Waals surface area contributed by atoms with Crippen molar-refractivity contribution in [3.05, 3.63) is 35.9 Å². The molecule has 1 amide bonds. The fourth-order valence-electron chi connectivity index (χ4n) is 3.04. The second-order valence-electron chi connectivity index (χ2n) is 6.57. The number of nitrogens with zero attached hydrogens (tertiary/aromatic N) is 2. The zero-order chi connectivity index (χ0) is 15.2. The van der Waals surface area contributed by atoms with Crippen LogP contribution in [0.4, 0.5) is 0 Å². The van der Waals surface area contributed by atoms with Crippen LogP contribution in [-0.4, -0.2) is 55.0 Å². The Morgan fingerprint density at radius 2 is 1.91 bits per heavy atom. The van der Waals surface area contributed by atoms with E-state index in [1.807, 2.05) is 4.90 Å². The van der Waals surface area contributed by atoms with E-state index in [1.54, 1.807) is 0 Å². The summed E-state index contributed by atoms with van der Waals surface area (Å²) in [6, 6.07) is 10.6. The number of benzene rings is 1. The summed E-state index contributed by atoms with van der Waals surface area (Å²) in [7, 11) is 0. The van der Waals surface area contributed by atoms with Gasteiger partial charge < -0.3 is 10.2 Å². The van der Waals surface area contributed by atoms with Gasteiger partial charge in [-0.3, -0.25) is 9.69 Å². The number of amides is 1. The largest absolute Gasteiger partial charge is 0.340 e. The fraction of sp³-hybridized carbons (Fsp3) is 0.611. The second kappa shape index (κ2) is 7.75. The molecule has 1 aliphatic heterocycles. The number of hydrogen-bond donors (Lipinski definition) is 1. The van der Waals surface area contributed by atoms with Gasteiger partial charge in [-0.15, -0.1) is 0 Å². The lowest BCUT2D eigenvalue weighted by Gasteiger charge is -2.22. The van der Waals surface area contributed by atoms with E-state index >= 15 is 0 Å². The molecule has 0 spiro atoms. The molecular formula is C18H27N3O. The lowest BCUT2D eigenvalue weighted by Crippen LogP contribution is -2.40. The maximum Gasteiger partial charge on any atom is 0.236 e. The molecule has 22 heavy (non-hydrogen) atoms. The van der Waals surface area contributed by atoms with Crippen molar-refractivity contribution in [3.8, 4) is 0 Å². The molecule has 120 valence electrons. The highest BCUT2D eigenvalue weighted by atomic mass is 16.2. The molecule has 1 heterocycles. The normalized spacial score (nSPS) is 19.9. The topological polar surface area (TPSA) is 35.6 Å². The van der Waals surface area contributed by atoms with E-state index in [1.165, 1.54) is 18.4 Å². The maximum absolute atomic E-state index is 12.3. The smallest absolute Gasteiger partial charge is 0.236 e. The fourth-order valence-corrected chi connectivity index (χ4v) is 3.04. The van der Waals surface area contributed by atoms with Crippen molar-refractivity contribution in [1.29, 1.82) is 0 Å². The Morgan fingerprint density at radius 1 is 1.09 bits per heavy atom. The molecule has 0 unspecified atom stereocenters. The molecule has 1 aromatic carbocycles. The van der Waals surface area contributed by atoms with Crippen LogP contribution >= 0.6 is 0 Å². The van der Waals surface area contributed by atoms with E-state index in [9.17, 15) is 4.79 Å². The van der Waals surface area contributed by atoms with Crippen LogP contribution < -0.4 is 5.32 Å². The zero-order valence-electron chi connectivity index (χ0n) is 13.3. The number of rotatable bonds is 6. The third kappa shape index (κ3) is 4.82. The Kier molecular flexibility index (Phi) is 5.46. The van der Waals surface area contributed by atoms with Crippen LogP contribution in [0.1, 0.15) is 24.8 Å². The highest BCUT2D eigenvalue weighted by molar-refractivity contribution is 5.78. The van der Waals surface area contributed by atoms with Gasteiger partial charge in [-0.2, -0.15) is 0 Å². The van der Waals surface area contributed by atoms with E-state index in [0.29, 0.717) is 6.54 Å². The molecule has 2 fully saturated rings. The summed E-state index contributed by atoms with van der Waals surface area (Å²) in [6.07, 6.45) is 3.74. The van der Waals surface area contributed by atoms with Gasteiger partial charge in [0.05, 0.1) is 6.54 Å². The Labute approximate surface area is 133 Å². The third-order valence-electron chi connectivity index (χ3n) is 4.60. The maximum atomic E-state index is 12.3. The monoisotopic (exact) mass is 301 g/mol. The summed E-state index contributed by atoms with van der Waals surface area (Å²) in [5.41, 5.74) is 1.35. The predicted octanol–water partition coefficient (Wildman–Crippen LogP) is 1.72. The van der Waals surface area contributed by atoms with Gasteiger partial charge in [0.25, 0.3) is 0 Å². The van der Waals surface area contributed by atoms with Crippen molar-refractivity contribution in [2.75, 3.05) is 39.3 Å². The molecule has 1 aliphatic carbocycles. The minimum Gasteiger partial charge on any atom is -0.340 e. The van der Waals surface area contributed by atoms with Crippen molar-refractivity contribution in [2.45, 2.75) is 25.8 Å². The summed E-state index contributed by atoms with van der Waals surface area (Å²) in [4.78, 5) is 16.8. The van der Waals surface area contributed by atoms with E-state index in [4.69, 9.17) is 0 Å². The first kappa shape index (κ1) is 15.5. The SMILES string of the molecule is O=C(CNCC1CC1)N1CCCN(Cc2ccccc2)CC1. The molecule has 0 bridgehead atoms. The van der Waals surface area contributed by atoms with Crippen LogP contribution in [0.5, 0.6) is 0 Å². The number of carbonyl (C=O) groups is 1. The lowest BCUT2D eigenvalue weighted by atomic mass is 10.2. The Hall–Kier alpha value is -1.39. The molecular weight excluding hydrogens is 274 g/mol. The van der Waals surface area contributed by atoms with Crippen LogP contribution in [0.15, 0.2) is 30.3 Å². The molecule has 0 atom stereocenters. The van der Waals surface area contributed by atoms with E-state index in [0.717, 1.165) is 51.6 Å². The number of carbonyl (C=O) groups excluding carboxylic acids is 1. The summed E-state index contributed by atoms with van der Waals surface area (Å²) in [5.74, 6) is 1.10. The molecule has 2 aliphatic rings. The Bertz CT molecular complexity index is 472. The average Bonchev–Trinajstić information content (AvgIpc) is 3.36. The molecule has 0 aromatic heterocycles. The molecule has 1 N–H and O–H groups in total. The quantitative estimate of drug-likeness (QED) is 0.869. The number of hydrogen-bond acceptors (Lipinski definition) is 3. The van der Waals surface area contributed by atoms with Crippen molar-refractivity contribution in [3.63, 3.8) is 0 Å². The van der Waals surface area contributed by atoms with E-state index in [2.05, 4.69) is 40.5 Å². The molecule has 4 nitrogen and oxygen atoms in total. The minimum atomic E-state index is 0.266. The van der Waals surface area contributed by atoms with Gasteiger partial charge in [0.2, 0.25) is 5.91 Å². The van der Waals surface area contributed by atoms with Gasteiger partial charge in [0.15, 0.2) is 0 Å². The van der Waals surface area contributed by atoms with Crippen LogP contribution in [0.3, 0.4) is 0 Å². The predicted molar refractivity (Wildman–Crippen MR) is 88.5 cm³/mol. The second-order valence-corrected chi connectivity index (χ2v) is 6.57. The van der Waals surface area contributed by atoms with E-state index in [-0.39, 0.29) is 5.91 Å². The lowest BCUT2D eigenvalue weighted by molar-refractivity contribution is -0.130.